The van der Waals surface area contributed by atoms with E-state index < -0.39 is 9.84 Å². The van der Waals surface area contributed by atoms with Crippen LogP contribution in [0.2, 0.25) is 0 Å². The third kappa shape index (κ3) is 7.68. The zero-order valence-electron chi connectivity index (χ0n) is 14.0. The van der Waals surface area contributed by atoms with Crippen LogP contribution in [0.25, 0.3) is 0 Å². The summed E-state index contributed by atoms with van der Waals surface area (Å²) < 4.78 is 27.7. The van der Waals surface area contributed by atoms with Gasteiger partial charge in [-0.1, -0.05) is 25.7 Å². The van der Waals surface area contributed by atoms with Gasteiger partial charge >= 0.3 is 0 Å². The number of carbonyl (C=O) groups excluding carboxylic acids is 1. The summed E-state index contributed by atoms with van der Waals surface area (Å²) in [6.45, 7) is 1.25. The number of hydrogen-bond acceptors (Lipinski definition) is 5. The lowest BCUT2D eigenvalue weighted by Gasteiger charge is -2.16. The molecule has 0 bridgehead atoms. The molecule has 0 unspecified atom stereocenters. The zero-order valence-corrected chi connectivity index (χ0v) is 15.7. The normalized spacial score (nSPS) is 16.2. The first-order valence-corrected chi connectivity index (χ1v) is 10.3. The Kier molecular flexibility index (Phi) is 8.80. The van der Waals surface area contributed by atoms with Crippen molar-refractivity contribution < 1.29 is 17.6 Å². The first kappa shape index (κ1) is 21.0. The van der Waals surface area contributed by atoms with E-state index in [1.54, 1.807) is 0 Å². The molecule has 1 saturated carbocycles. The highest BCUT2D eigenvalue weighted by Crippen LogP contribution is 2.16. The van der Waals surface area contributed by atoms with Gasteiger partial charge in [0.25, 0.3) is 5.91 Å². The molecule has 1 heterocycles. The molecule has 6 nitrogen and oxygen atoms in total. The van der Waals surface area contributed by atoms with Crippen molar-refractivity contribution in [2.45, 2.75) is 50.3 Å². The Bertz CT molecular complexity index is 607. The molecule has 1 amide bonds. The van der Waals surface area contributed by atoms with Crippen LogP contribution >= 0.6 is 12.4 Å². The summed E-state index contributed by atoms with van der Waals surface area (Å²) in [6.07, 6.45) is 8.75. The van der Waals surface area contributed by atoms with Crippen LogP contribution in [0.15, 0.2) is 16.5 Å². The van der Waals surface area contributed by atoms with E-state index in [4.69, 9.17) is 4.42 Å². The van der Waals surface area contributed by atoms with Crippen LogP contribution in [0.3, 0.4) is 0 Å². The average molecular weight is 379 g/mol. The Balaban J connectivity index is 0.00000288. The average Bonchev–Trinajstić information content (AvgIpc) is 2.77. The quantitative estimate of drug-likeness (QED) is 0.561. The van der Waals surface area contributed by atoms with Gasteiger partial charge in [-0.05, 0) is 25.0 Å². The van der Waals surface area contributed by atoms with Crippen LogP contribution in [0, 0.1) is 0 Å². The van der Waals surface area contributed by atoms with Crippen molar-refractivity contribution in [2.24, 2.45) is 0 Å². The molecular formula is C16H27ClN2O4S. The number of nitrogens with one attached hydrogen (secondary N) is 2. The largest absolute Gasteiger partial charge is 0.455 e. The van der Waals surface area contributed by atoms with E-state index in [0.717, 1.165) is 12.8 Å². The van der Waals surface area contributed by atoms with E-state index in [0.29, 0.717) is 12.6 Å². The number of hydrogen-bond donors (Lipinski definition) is 2. The Morgan fingerprint density at radius 1 is 1.17 bits per heavy atom. The lowest BCUT2D eigenvalue weighted by molar-refractivity contribution is 0.0924. The highest BCUT2D eigenvalue weighted by molar-refractivity contribution is 7.89. The zero-order chi connectivity index (χ0) is 16.7. The van der Waals surface area contributed by atoms with Gasteiger partial charge in [-0.3, -0.25) is 4.79 Å². The second-order valence-corrected chi connectivity index (χ2v) is 8.37. The molecule has 1 aromatic heterocycles. The summed E-state index contributed by atoms with van der Waals surface area (Å²) >= 11 is 0. The summed E-state index contributed by atoms with van der Waals surface area (Å²) in [7, 11) is -3.16. The Labute approximate surface area is 150 Å². The summed E-state index contributed by atoms with van der Waals surface area (Å²) in [5, 5.41) is 6.27. The maximum Gasteiger partial charge on any atom is 0.287 e. The topological polar surface area (TPSA) is 88.4 Å². The van der Waals surface area contributed by atoms with Gasteiger partial charge in [0.1, 0.15) is 11.5 Å². The van der Waals surface area contributed by atoms with Crippen LogP contribution in [0.1, 0.15) is 54.8 Å². The number of amides is 1. The lowest BCUT2D eigenvalue weighted by Crippen LogP contribution is -2.36. The summed E-state index contributed by atoms with van der Waals surface area (Å²) in [5.41, 5.74) is 0. The molecule has 8 heteroatoms. The fourth-order valence-electron chi connectivity index (χ4n) is 2.86. The van der Waals surface area contributed by atoms with Crippen LogP contribution in [-0.4, -0.2) is 39.7 Å². The first-order chi connectivity index (χ1) is 10.9. The predicted octanol–water partition coefficient (Wildman–Crippen LogP) is 2.29. The summed E-state index contributed by atoms with van der Waals surface area (Å²) in [5.74, 6) is -0.0662. The molecule has 0 aliphatic heterocycles. The van der Waals surface area contributed by atoms with Crippen LogP contribution in [-0.2, 0) is 15.6 Å². The molecule has 2 N–H and O–H groups in total. The summed E-state index contributed by atoms with van der Waals surface area (Å²) in [6, 6.07) is 3.59. The fourth-order valence-corrected chi connectivity index (χ4v) is 3.53. The summed E-state index contributed by atoms with van der Waals surface area (Å²) in [4.78, 5) is 11.9. The van der Waals surface area contributed by atoms with Gasteiger partial charge < -0.3 is 15.1 Å². The van der Waals surface area contributed by atoms with Gasteiger partial charge in [0.2, 0.25) is 0 Å². The first-order valence-electron chi connectivity index (χ1n) is 8.22. The van der Waals surface area contributed by atoms with Gasteiger partial charge in [0.15, 0.2) is 15.6 Å². The SMILES string of the molecule is CS(=O)(=O)Cc1ccc(C(=O)NCCNC2CCCCCC2)o1.Cl. The van der Waals surface area contributed by atoms with E-state index >= 15 is 0 Å². The second-order valence-electron chi connectivity index (χ2n) is 6.23. The number of rotatable bonds is 7. The molecule has 0 aromatic carbocycles. The molecule has 1 aliphatic carbocycles. The van der Waals surface area contributed by atoms with Crippen molar-refractivity contribution in [1.29, 1.82) is 0 Å². The Hall–Kier alpha value is -1.05. The molecule has 0 spiro atoms. The van der Waals surface area contributed by atoms with Gasteiger partial charge in [0.05, 0.1) is 0 Å². The molecule has 2 rings (SSSR count). The highest BCUT2D eigenvalue weighted by atomic mass is 35.5. The number of sulfone groups is 1. The molecule has 0 saturated heterocycles. The molecule has 138 valence electrons. The van der Waals surface area contributed by atoms with E-state index in [1.807, 2.05) is 0 Å². The third-order valence-electron chi connectivity index (χ3n) is 3.99. The molecule has 1 aliphatic rings. The predicted molar refractivity (Wildman–Crippen MR) is 96.3 cm³/mol. The van der Waals surface area contributed by atoms with E-state index in [-0.39, 0.29) is 35.6 Å². The standard InChI is InChI=1S/C16H26N2O4S.ClH/c1-23(20,21)12-14-8-9-15(22-14)16(19)18-11-10-17-13-6-4-2-3-5-7-13;/h8-9,13,17H,2-7,10-12H2,1H3,(H,18,19);1H. The van der Waals surface area contributed by atoms with Gasteiger partial charge in [-0.25, -0.2) is 8.42 Å². The number of carbonyl (C=O) groups is 1. The van der Waals surface area contributed by atoms with Crippen molar-refractivity contribution >= 4 is 28.2 Å². The minimum absolute atomic E-state index is 0. The molecule has 24 heavy (non-hydrogen) atoms. The van der Waals surface area contributed by atoms with E-state index in [1.165, 1.54) is 50.7 Å². The maximum atomic E-state index is 11.9. The van der Waals surface area contributed by atoms with Crippen LogP contribution in [0.5, 0.6) is 0 Å². The molecule has 0 radical (unpaired) electrons. The molecule has 0 atom stereocenters. The van der Waals surface area contributed by atoms with Gasteiger partial charge in [0, 0.05) is 25.4 Å². The Morgan fingerprint density at radius 3 is 2.46 bits per heavy atom. The number of furan rings is 1. The molecule has 1 fully saturated rings. The minimum Gasteiger partial charge on any atom is -0.455 e. The second kappa shape index (κ2) is 10.1. The Morgan fingerprint density at radius 2 is 1.83 bits per heavy atom. The smallest absolute Gasteiger partial charge is 0.287 e. The van der Waals surface area contributed by atoms with Crippen LogP contribution in [0.4, 0.5) is 0 Å². The molecule has 1 aromatic rings. The van der Waals surface area contributed by atoms with E-state index in [2.05, 4.69) is 10.6 Å². The van der Waals surface area contributed by atoms with Crippen molar-refractivity contribution in [2.75, 3.05) is 19.3 Å². The van der Waals surface area contributed by atoms with Crippen molar-refractivity contribution in [3.63, 3.8) is 0 Å². The van der Waals surface area contributed by atoms with Crippen LogP contribution < -0.4 is 10.6 Å². The lowest BCUT2D eigenvalue weighted by atomic mass is 10.1. The van der Waals surface area contributed by atoms with Crippen molar-refractivity contribution in [3.8, 4) is 0 Å². The van der Waals surface area contributed by atoms with Gasteiger partial charge in [-0.2, -0.15) is 0 Å². The van der Waals surface area contributed by atoms with E-state index in [9.17, 15) is 13.2 Å². The third-order valence-corrected chi connectivity index (χ3v) is 4.80. The molecular weight excluding hydrogens is 352 g/mol. The monoisotopic (exact) mass is 378 g/mol. The van der Waals surface area contributed by atoms with Crippen molar-refractivity contribution in [3.05, 3.63) is 23.7 Å². The number of halogens is 1. The van der Waals surface area contributed by atoms with Gasteiger partial charge in [-0.15, -0.1) is 12.4 Å². The van der Waals surface area contributed by atoms with Crippen molar-refractivity contribution in [1.82, 2.24) is 10.6 Å². The minimum atomic E-state index is -3.16. The maximum absolute atomic E-state index is 11.9. The fraction of sp³-hybridized carbons (Fsp3) is 0.688. The highest BCUT2D eigenvalue weighted by Gasteiger charge is 2.14.